The third kappa shape index (κ3) is 2.67. The van der Waals surface area contributed by atoms with E-state index in [4.69, 9.17) is 0 Å². The molecule has 0 bridgehead atoms. The molecule has 0 unspecified atom stereocenters. The Balaban J connectivity index is 3.05. The Bertz CT molecular complexity index is 325. The quantitative estimate of drug-likeness (QED) is 0.463. The van der Waals surface area contributed by atoms with Gasteiger partial charge in [-0.25, -0.2) is 4.79 Å². The largest absolute Gasteiger partial charge is 0.465 e. The van der Waals surface area contributed by atoms with Crippen molar-refractivity contribution in [2.24, 2.45) is 0 Å². The number of carbonyl (C=O) groups is 1. The second-order valence-corrected chi connectivity index (χ2v) is 4.06. The highest BCUT2D eigenvalue weighted by Crippen LogP contribution is 2.20. The molecule has 4 heteroatoms. The first-order valence-electron chi connectivity index (χ1n) is 3.61. The summed E-state index contributed by atoms with van der Waals surface area (Å²) in [6.07, 6.45) is 0. The van der Waals surface area contributed by atoms with Crippen molar-refractivity contribution < 1.29 is 9.53 Å². The smallest absolute Gasteiger partial charge is 0.338 e. The lowest BCUT2D eigenvalue weighted by atomic mass is 10.1. The molecule has 0 amide bonds. The lowest BCUT2D eigenvalue weighted by Crippen LogP contribution is -2.02. The number of alkyl halides is 1. The lowest BCUT2D eigenvalue weighted by Gasteiger charge is -2.03. The van der Waals surface area contributed by atoms with Gasteiger partial charge in [-0.2, -0.15) is 0 Å². The normalized spacial score (nSPS) is 9.77. The molecule has 0 saturated carbocycles. The monoisotopic (exact) mass is 354 g/mol. The van der Waals surface area contributed by atoms with Crippen molar-refractivity contribution >= 4 is 44.5 Å². The molecule has 0 aromatic heterocycles. The number of hydrogen-bond donors (Lipinski definition) is 0. The number of hydrogen-bond acceptors (Lipinski definition) is 2. The highest BCUT2D eigenvalue weighted by molar-refractivity contribution is 14.1. The van der Waals surface area contributed by atoms with Crippen molar-refractivity contribution in [1.29, 1.82) is 0 Å². The Morgan fingerprint density at radius 1 is 1.62 bits per heavy atom. The predicted molar refractivity (Wildman–Crippen MR) is 63.2 cm³/mol. The van der Waals surface area contributed by atoms with Crippen molar-refractivity contribution in [1.82, 2.24) is 0 Å². The SMILES string of the molecule is COC(=O)c1ccc(CI)cc1Br. The van der Waals surface area contributed by atoms with Crippen LogP contribution in [-0.2, 0) is 9.16 Å². The number of ether oxygens (including phenoxy) is 1. The van der Waals surface area contributed by atoms with Gasteiger partial charge in [-0.15, -0.1) is 0 Å². The minimum absolute atomic E-state index is 0.313. The summed E-state index contributed by atoms with van der Waals surface area (Å²) in [4.78, 5) is 11.2. The van der Waals surface area contributed by atoms with Gasteiger partial charge in [0.1, 0.15) is 0 Å². The highest BCUT2D eigenvalue weighted by atomic mass is 127. The van der Waals surface area contributed by atoms with Gasteiger partial charge in [0.15, 0.2) is 0 Å². The molecule has 0 fully saturated rings. The van der Waals surface area contributed by atoms with Gasteiger partial charge in [0.05, 0.1) is 12.7 Å². The summed E-state index contributed by atoms with van der Waals surface area (Å²) in [6, 6.07) is 5.62. The molecule has 2 nitrogen and oxygen atoms in total. The van der Waals surface area contributed by atoms with Gasteiger partial charge in [-0.3, -0.25) is 0 Å². The minimum atomic E-state index is -0.313. The maximum Gasteiger partial charge on any atom is 0.338 e. The summed E-state index contributed by atoms with van der Waals surface area (Å²) >= 11 is 5.60. The third-order valence-corrected chi connectivity index (χ3v) is 3.13. The first kappa shape index (κ1) is 11.0. The topological polar surface area (TPSA) is 26.3 Å². The van der Waals surface area contributed by atoms with Gasteiger partial charge in [0, 0.05) is 8.90 Å². The van der Waals surface area contributed by atoms with E-state index >= 15 is 0 Å². The molecule has 1 aromatic carbocycles. The van der Waals surface area contributed by atoms with E-state index in [0.717, 1.165) is 8.90 Å². The molecule has 0 aliphatic carbocycles. The fraction of sp³-hybridized carbons (Fsp3) is 0.222. The molecule has 1 rings (SSSR count). The first-order valence-corrected chi connectivity index (χ1v) is 5.93. The average molecular weight is 355 g/mol. The summed E-state index contributed by atoms with van der Waals surface area (Å²) in [5.41, 5.74) is 1.75. The van der Waals surface area contributed by atoms with Gasteiger partial charge >= 0.3 is 5.97 Å². The van der Waals surface area contributed by atoms with Crippen LogP contribution >= 0.6 is 38.5 Å². The Hall–Kier alpha value is -0.100. The maximum absolute atomic E-state index is 11.2. The van der Waals surface area contributed by atoms with Gasteiger partial charge < -0.3 is 4.74 Å². The molecule has 0 atom stereocenters. The Morgan fingerprint density at radius 3 is 2.77 bits per heavy atom. The van der Waals surface area contributed by atoms with Gasteiger partial charge in [-0.1, -0.05) is 28.7 Å². The molecule has 0 radical (unpaired) electrons. The van der Waals surface area contributed by atoms with Crippen LogP contribution in [0.3, 0.4) is 0 Å². The lowest BCUT2D eigenvalue weighted by molar-refractivity contribution is 0.0599. The van der Waals surface area contributed by atoms with E-state index < -0.39 is 0 Å². The second kappa shape index (κ2) is 4.95. The summed E-state index contributed by atoms with van der Waals surface area (Å²) in [6.45, 7) is 0. The van der Waals surface area contributed by atoms with Gasteiger partial charge in [0.25, 0.3) is 0 Å². The van der Waals surface area contributed by atoms with Crippen LogP contribution in [0.15, 0.2) is 22.7 Å². The molecule has 70 valence electrons. The van der Waals surface area contributed by atoms with E-state index in [0.29, 0.717) is 5.56 Å². The van der Waals surface area contributed by atoms with Crippen molar-refractivity contribution in [3.63, 3.8) is 0 Å². The van der Waals surface area contributed by atoms with Crippen LogP contribution in [0.2, 0.25) is 0 Å². The molecule has 0 aliphatic heterocycles. The zero-order valence-corrected chi connectivity index (χ0v) is 10.8. The zero-order chi connectivity index (χ0) is 9.84. The van der Waals surface area contributed by atoms with E-state index in [9.17, 15) is 4.79 Å². The van der Waals surface area contributed by atoms with E-state index in [1.54, 1.807) is 6.07 Å². The van der Waals surface area contributed by atoms with Crippen LogP contribution in [-0.4, -0.2) is 13.1 Å². The second-order valence-electron chi connectivity index (χ2n) is 2.44. The molecular weight excluding hydrogens is 347 g/mol. The van der Waals surface area contributed by atoms with Crippen LogP contribution in [0.1, 0.15) is 15.9 Å². The first-order chi connectivity index (χ1) is 6.19. The van der Waals surface area contributed by atoms with Crippen LogP contribution in [0, 0.1) is 0 Å². The van der Waals surface area contributed by atoms with Crippen molar-refractivity contribution in [3.05, 3.63) is 33.8 Å². The Kier molecular flexibility index (Phi) is 4.18. The maximum atomic E-state index is 11.2. The fourth-order valence-electron chi connectivity index (χ4n) is 0.917. The summed E-state index contributed by atoms with van der Waals surface area (Å²) in [7, 11) is 1.38. The molecule has 1 aromatic rings. The summed E-state index contributed by atoms with van der Waals surface area (Å²) < 4.78 is 6.33. The molecule has 0 aliphatic rings. The Morgan fingerprint density at radius 2 is 2.31 bits per heavy atom. The third-order valence-electron chi connectivity index (χ3n) is 1.59. The molecule has 0 N–H and O–H groups in total. The van der Waals surface area contributed by atoms with E-state index in [1.165, 1.54) is 12.7 Å². The fourth-order valence-corrected chi connectivity index (χ4v) is 1.98. The highest BCUT2D eigenvalue weighted by Gasteiger charge is 2.09. The van der Waals surface area contributed by atoms with Crippen LogP contribution in [0.25, 0.3) is 0 Å². The van der Waals surface area contributed by atoms with E-state index in [1.807, 2.05) is 12.1 Å². The zero-order valence-electron chi connectivity index (χ0n) is 7.01. The van der Waals surface area contributed by atoms with E-state index in [-0.39, 0.29) is 5.97 Å². The van der Waals surface area contributed by atoms with Gasteiger partial charge in [-0.05, 0) is 33.6 Å². The van der Waals surface area contributed by atoms with Crippen LogP contribution < -0.4 is 0 Å². The number of benzene rings is 1. The standard InChI is InChI=1S/C9H8BrIO2/c1-13-9(12)7-3-2-6(5-11)4-8(7)10/h2-4H,5H2,1H3. The number of esters is 1. The summed E-state index contributed by atoms with van der Waals surface area (Å²) in [5.74, 6) is -0.313. The molecule has 0 spiro atoms. The molecule has 0 heterocycles. The molecule has 0 saturated heterocycles. The number of rotatable bonds is 2. The molecule has 13 heavy (non-hydrogen) atoms. The van der Waals surface area contributed by atoms with Crippen LogP contribution in [0.4, 0.5) is 0 Å². The predicted octanol–water partition coefficient (Wildman–Crippen LogP) is 3.17. The number of methoxy groups -OCH3 is 1. The van der Waals surface area contributed by atoms with E-state index in [2.05, 4.69) is 43.3 Å². The number of carbonyl (C=O) groups excluding carboxylic acids is 1. The van der Waals surface area contributed by atoms with Crippen molar-refractivity contribution in [2.45, 2.75) is 4.43 Å². The van der Waals surface area contributed by atoms with Crippen LogP contribution in [0.5, 0.6) is 0 Å². The van der Waals surface area contributed by atoms with Crippen molar-refractivity contribution in [3.8, 4) is 0 Å². The Labute approximate surface area is 98.9 Å². The number of halogens is 2. The molecular formula is C9H8BrIO2. The van der Waals surface area contributed by atoms with Gasteiger partial charge in [0.2, 0.25) is 0 Å². The van der Waals surface area contributed by atoms with Crippen molar-refractivity contribution in [2.75, 3.05) is 7.11 Å². The minimum Gasteiger partial charge on any atom is -0.465 e. The summed E-state index contributed by atoms with van der Waals surface area (Å²) in [5, 5.41) is 0. The average Bonchev–Trinajstić information content (AvgIpc) is 2.16.